The fourth-order valence-corrected chi connectivity index (χ4v) is 2.02. The third-order valence-electron chi connectivity index (χ3n) is 2.63. The summed E-state index contributed by atoms with van der Waals surface area (Å²) in [6, 6.07) is 6.73. The van der Waals surface area contributed by atoms with Crippen molar-refractivity contribution in [3.63, 3.8) is 0 Å². The molecule has 1 aromatic carbocycles. The van der Waals surface area contributed by atoms with Crippen LogP contribution in [0, 0.1) is 12.8 Å². The molecule has 0 aliphatic carbocycles. The van der Waals surface area contributed by atoms with E-state index in [-0.39, 0.29) is 0 Å². The molecule has 2 nitrogen and oxygen atoms in total. The average molecular weight is 221 g/mol. The van der Waals surface area contributed by atoms with E-state index in [1.165, 1.54) is 17.7 Å². The molecule has 0 aliphatic heterocycles. The quantitative estimate of drug-likeness (QED) is 0.815. The first kappa shape index (κ1) is 12.9. The normalized spacial score (nSPS) is 12.6. The second-order valence-corrected chi connectivity index (χ2v) is 4.86. The first-order valence-electron chi connectivity index (χ1n) is 5.94. The molecule has 0 amide bonds. The lowest BCUT2D eigenvalue weighted by Crippen LogP contribution is -2.17. The van der Waals surface area contributed by atoms with E-state index in [9.17, 15) is 0 Å². The number of rotatable bonds is 5. The molecule has 0 spiro atoms. The minimum absolute atomic E-state index is 0.507. The first-order chi connectivity index (χ1) is 7.52. The second-order valence-electron chi connectivity index (χ2n) is 4.86. The summed E-state index contributed by atoms with van der Waals surface area (Å²) in [6.07, 6.45) is 1.19. The molecule has 0 bridgehead atoms. The van der Waals surface area contributed by atoms with Gasteiger partial charge in [-0.15, -0.1) is 0 Å². The third kappa shape index (κ3) is 3.76. The number of hydrogen-bond acceptors (Lipinski definition) is 2. The van der Waals surface area contributed by atoms with Crippen LogP contribution in [0.4, 0.5) is 5.69 Å². The van der Waals surface area contributed by atoms with Crippen LogP contribution in [0.5, 0.6) is 5.75 Å². The van der Waals surface area contributed by atoms with Gasteiger partial charge in [0, 0.05) is 11.7 Å². The lowest BCUT2D eigenvalue weighted by Gasteiger charge is -2.18. The molecular formula is C14H23NO. The van der Waals surface area contributed by atoms with Crippen molar-refractivity contribution >= 4 is 5.69 Å². The van der Waals surface area contributed by atoms with Crippen LogP contribution in [0.2, 0.25) is 0 Å². The summed E-state index contributed by atoms with van der Waals surface area (Å²) in [7, 11) is 1.71. The molecule has 0 aliphatic rings. The van der Waals surface area contributed by atoms with Gasteiger partial charge in [-0.1, -0.05) is 13.8 Å². The van der Waals surface area contributed by atoms with Gasteiger partial charge in [0.1, 0.15) is 5.75 Å². The molecule has 0 aromatic heterocycles. The lowest BCUT2D eigenvalue weighted by molar-refractivity contribution is 0.411. The van der Waals surface area contributed by atoms with Crippen LogP contribution in [0.1, 0.15) is 32.8 Å². The van der Waals surface area contributed by atoms with Gasteiger partial charge < -0.3 is 10.1 Å². The van der Waals surface area contributed by atoms with Crippen molar-refractivity contribution in [1.29, 1.82) is 0 Å². The number of ether oxygens (including phenoxy) is 1. The SMILES string of the molecule is COc1ccc(NC(C)CC(C)C)cc1C. The molecule has 90 valence electrons. The predicted octanol–water partition coefficient (Wildman–Crippen LogP) is 3.85. The summed E-state index contributed by atoms with van der Waals surface area (Å²) in [5, 5.41) is 3.51. The Hall–Kier alpha value is -1.18. The van der Waals surface area contributed by atoms with E-state index in [1.807, 2.05) is 6.07 Å². The minimum atomic E-state index is 0.507. The molecule has 0 saturated carbocycles. The van der Waals surface area contributed by atoms with Crippen molar-refractivity contribution in [3.8, 4) is 5.75 Å². The monoisotopic (exact) mass is 221 g/mol. The van der Waals surface area contributed by atoms with Gasteiger partial charge >= 0.3 is 0 Å². The zero-order valence-corrected chi connectivity index (χ0v) is 11.0. The highest BCUT2D eigenvalue weighted by Gasteiger charge is 2.06. The van der Waals surface area contributed by atoms with Crippen LogP contribution in [0.15, 0.2) is 18.2 Å². The third-order valence-corrected chi connectivity index (χ3v) is 2.63. The minimum Gasteiger partial charge on any atom is -0.496 e. The van der Waals surface area contributed by atoms with Crippen molar-refractivity contribution in [3.05, 3.63) is 23.8 Å². The molecule has 1 aromatic rings. The number of anilines is 1. The Kier molecular flexibility index (Phi) is 4.66. The molecule has 1 rings (SSSR count). The van der Waals surface area contributed by atoms with Crippen molar-refractivity contribution in [2.24, 2.45) is 5.92 Å². The Balaban J connectivity index is 2.64. The zero-order chi connectivity index (χ0) is 12.1. The van der Waals surface area contributed by atoms with Gasteiger partial charge in [-0.2, -0.15) is 0 Å². The molecule has 0 heterocycles. The topological polar surface area (TPSA) is 21.3 Å². The van der Waals surface area contributed by atoms with Gasteiger partial charge in [0.15, 0.2) is 0 Å². The van der Waals surface area contributed by atoms with Crippen molar-refractivity contribution in [1.82, 2.24) is 0 Å². The van der Waals surface area contributed by atoms with Crippen LogP contribution in [-0.4, -0.2) is 13.2 Å². The van der Waals surface area contributed by atoms with Crippen LogP contribution < -0.4 is 10.1 Å². The van der Waals surface area contributed by atoms with Crippen LogP contribution >= 0.6 is 0 Å². The highest BCUT2D eigenvalue weighted by molar-refractivity contribution is 5.51. The van der Waals surface area contributed by atoms with Crippen LogP contribution in [0.3, 0.4) is 0 Å². The number of aryl methyl sites for hydroxylation is 1. The maximum atomic E-state index is 5.24. The molecule has 1 unspecified atom stereocenters. The lowest BCUT2D eigenvalue weighted by atomic mass is 10.0. The highest BCUT2D eigenvalue weighted by atomic mass is 16.5. The Bertz CT molecular complexity index is 334. The molecule has 1 atom stereocenters. The van der Waals surface area contributed by atoms with Crippen molar-refractivity contribution in [2.45, 2.75) is 40.2 Å². The number of benzene rings is 1. The largest absolute Gasteiger partial charge is 0.496 e. The average Bonchev–Trinajstić information content (AvgIpc) is 2.16. The fraction of sp³-hybridized carbons (Fsp3) is 0.571. The van der Waals surface area contributed by atoms with E-state index in [0.29, 0.717) is 6.04 Å². The Morgan fingerprint density at radius 3 is 2.44 bits per heavy atom. The molecule has 0 saturated heterocycles. The molecule has 1 N–H and O–H groups in total. The number of nitrogens with one attached hydrogen (secondary N) is 1. The van der Waals surface area contributed by atoms with Crippen LogP contribution in [-0.2, 0) is 0 Å². The summed E-state index contributed by atoms with van der Waals surface area (Å²) >= 11 is 0. The Labute approximate surface area is 99.0 Å². The second kappa shape index (κ2) is 5.78. The van der Waals surface area contributed by atoms with Gasteiger partial charge in [0.05, 0.1) is 7.11 Å². The zero-order valence-electron chi connectivity index (χ0n) is 11.0. The van der Waals surface area contributed by atoms with E-state index in [4.69, 9.17) is 4.74 Å². The molecule has 0 fully saturated rings. The number of hydrogen-bond donors (Lipinski definition) is 1. The molecule has 2 heteroatoms. The summed E-state index contributed by atoms with van der Waals surface area (Å²) < 4.78 is 5.24. The van der Waals surface area contributed by atoms with E-state index in [2.05, 4.69) is 45.1 Å². The van der Waals surface area contributed by atoms with E-state index in [0.717, 1.165) is 11.7 Å². The predicted molar refractivity (Wildman–Crippen MR) is 70.3 cm³/mol. The number of methoxy groups -OCH3 is 1. The molecule has 0 radical (unpaired) electrons. The standard InChI is InChI=1S/C14H23NO/c1-10(2)8-12(4)15-13-6-7-14(16-5)11(3)9-13/h6-7,9-10,12,15H,8H2,1-5H3. The van der Waals surface area contributed by atoms with Gasteiger partial charge in [-0.3, -0.25) is 0 Å². The Morgan fingerprint density at radius 1 is 1.25 bits per heavy atom. The van der Waals surface area contributed by atoms with Gasteiger partial charge in [0.2, 0.25) is 0 Å². The summed E-state index contributed by atoms with van der Waals surface area (Å²) in [5.74, 6) is 1.67. The fourth-order valence-electron chi connectivity index (χ4n) is 2.02. The van der Waals surface area contributed by atoms with Gasteiger partial charge in [0.25, 0.3) is 0 Å². The van der Waals surface area contributed by atoms with E-state index < -0.39 is 0 Å². The smallest absolute Gasteiger partial charge is 0.121 e. The van der Waals surface area contributed by atoms with Gasteiger partial charge in [-0.05, 0) is 49.9 Å². The summed E-state index contributed by atoms with van der Waals surface area (Å²) in [4.78, 5) is 0. The molecular weight excluding hydrogens is 198 g/mol. The maximum Gasteiger partial charge on any atom is 0.121 e. The maximum absolute atomic E-state index is 5.24. The van der Waals surface area contributed by atoms with E-state index >= 15 is 0 Å². The van der Waals surface area contributed by atoms with E-state index in [1.54, 1.807) is 7.11 Å². The van der Waals surface area contributed by atoms with Crippen molar-refractivity contribution < 1.29 is 4.74 Å². The highest BCUT2D eigenvalue weighted by Crippen LogP contribution is 2.22. The van der Waals surface area contributed by atoms with Crippen molar-refractivity contribution in [2.75, 3.05) is 12.4 Å². The first-order valence-corrected chi connectivity index (χ1v) is 5.94. The molecule has 16 heavy (non-hydrogen) atoms. The van der Waals surface area contributed by atoms with Gasteiger partial charge in [-0.25, -0.2) is 0 Å². The summed E-state index contributed by atoms with van der Waals surface area (Å²) in [6.45, 7) is 8.78. The van der Waals surface area contributed by atoms with Crippen LogP contribution in [0.25, 0.3) is 0 Å². The Morgan fingerprint density at radius 2 is 1.94 bits per heavy atom. The summed E-state index contributed by atoms with van der Waals surface area (Å²) in [5.41, 5.74) is 2.34.